The van der Waals surface area contributed by atoms with Crippen molar-refractivity contribution in [2.75, 3.05) is 0 Å². The zero-order valence-corrected chi connectivity index (χ0v) is 7.15. The fourth-order valence-corrected chi connectivity index (χ4v) is 0.671. The van der Waals surface area contributed by atoms with E-state index < -0.39 is 0 Å². The molecule has 0 saturated carbocycles. The lowest BCUT2D eigenvalue weighted by Crippen LogP contribution is -1.96. The van der Waals surface area contributed by atoms with E-state index in [0.717, 1.165) is 11.8 Å². The summed E-state index contributed by atoms with van der Waals surface area (Å²) in [6, 6.07) is 0. The molecule has 0 aromatic rings. The van der Waals surface area contributed by atoms with Gasteiger partial charge >= 0.3 is 0 Å². The van der Waals surface area contributed by atoms with Gasteiger partial charge in [-0.15, -0.1) is 0 Å². The molecular weight excluding hydrogens is 108 g/mol. The fraction of sp³-hybridized carbons (Fsp3) is 0.889. The second-order valence-electron chi connectivity index (χ2n) is 3.25. The first-order valence-corrected chi connectivity index (χ1v) is 4.00. The van der Waals surface area contributed by atoms with Crippen molar-refractivity contribution < 1.29 is 0 Å². The predicted molar refractivity (Wildman–Crippen MR) is 43.2 cm³/mol. The molecule has 0 rings (SSSR count). The molecule has 0 nitrogen and oxygen atoms in total. The van der Waals surface area contributed by atoms with Crippen LogP contribution in [-0.2, 0) is 0 Å². The topological polar surface area (TPSA) is 0 Å². The van der Waals surface area contributed by atoms with Crippen molar-refractivity contribution in [2.45, 2.75) is 40.5 Å². The first kappa shape index (κ1) is 9.00. The largest absolute Gasteiger partial charge is 0.325 e. The van der Waals surface area contributed by atoms with Gasteiger partial charge in [0.2, 0.25) is 0 Å². The molecule has 0 spiro atoms. The first-order chi connectivity index (χ1) is 4.16. The first-order valence-electron chi connectivity index (χ1n) is 4.00. The van der Waals surface area contributed by atoms with Crippen LogP contribution in [0.25, 0.3) is 0 Å². The van der Waals surface area contributed by atoms with Crippen LogP contribution < -0.4 is 0 Å². The number of hydrogen-bond donors (Lipinski definition) is 0. The van der Waals surface area contributed by atoms with E-state index >= 15 is 0 Å². The molecule has 0 aliphatic carbocycles. The standard InChI is InChI=1S/C9H19/c1-5-9(4)7-6-8(2)3/h7-9H,5-6H2,1-4H3/q-1. The number of hydrogen-bond acceptors (Lipinski definition) is 0. The molecule has 0 amide bonds. The van der Waals surface area contributed by atoms with Gasteiger partial charge in [-0.05, 0) is 0 Å². The highest BCUT2D eigenvalue weighted by atomic mass is 14.1. The van der Waals surface area contributed by atoms with Crippen LogP contribution in [0.1, 0.15) is 40.5 Å². The number of rotatable bonds is 4. The van der Waals surface area contributed by atoms with Crippen LogP contribution in [0.2, 0.25) is 0 Å². The molecule has 0 N–H and O–H groups in total. The smallest absolute Gasteiger partial charge is 0.0652 e. The summed E-state index contributed by atoms with van der Waals surface area (Å²) in [5, 5.41) is 0. The average molecular weight is 127 g/mol. The predicted octanol–water partition coefficient (Wildman–Crippen LogP) is 3.28. The summed E-state index contributed by atoms with van der Waals surface area (Å²) < 4.78 is 0. The Balaban J connectivity index is 3.06. The van der Waals surface area contributed by atoms with Gasteiger partial charge in [-0.2, -0.15) is 12.3 Å². The van der Waals surface area contributed by atoms with Gasteiger partial charge in [-0.25, -0.2) is 0 Å². The molecule has 0 saturated heterocycles. The fourth-order valence-electron chi connectivity index (χ4n) is 0.671. The van der Waals surface area contributed by atoms with Gasteiger partial charge in [-0.3, -0.25) is 0 Å². The van der Waals surface area contributed by atoms with Crippen molar-refractivity contribution in [1.29, 1.82) is 0 Å². The Hall–Kier alpha value is 0. The highest BCUT2D eigenvalue weighted by Gasteiger charge is 1.88. The lowest BCUT2D eigenvalue weighted by molar-refractivity contribution is 0.546. The van der Waals surface area contributed by atoms with Crippen LogP contribution in [0.5, 0.6) is 0 Å². The van der Waals surface area contributed by atoms with Crippen LogP contribution in [0, 0.1) is 18.3 Å². The lowest BCUT2D eigenvalue weighted by atomic mass is 9.98. The van der Waals surface area contributed by atoms with Crippen LogP contribution >= 0.6 is 0 Å². The quantitative estimate of drug-likeness (QED) is 0.508. The molecule has 1 atom stereocenters. The maximum atomic E-state index is 2.42. The van der Waals surface area contributed by atoms with Crippen LogP contribution in [0.4, 0.5) is 0 Å². The lowest BCUT2D eigenvalue weighted by Gasteiger charge is -2.20. The van der Waals surface area contributed by atoms with Gasteiger partial charge in [0.25, 0.3) is 0 Å². The van der Waals surface area contributed by atoms with E-state index in [0.29, 0.717) is 0 Å². The minimum atomic E-state index is 0.812. The highest BCUT2D eigenvalue weighted by Crippen LogP contribution is 2.12. The maximum absolute atomic E-state index is 2.42. The van der Waals surface area contributed by atoms with E-state index in [2.05, 4.69) is 34.1 Å². The molecule has 0 bridgehead atoms. The minimum Gasteiger partial charge on any atom is -0.325 e. The molecule has 56 valence electrons. The van der Waals surface area contributed by atoms with E-state index in [1.165, 1.54) is 12.8 Å². The summed E-state index contributed by atoms with van der Waals surface area (Å²) in [5.41, 5.74) is 0. The summed E-state index contributed by atoms with van der Waals surface area (Å²) in [7, 11) is 0. The third kappa shape index (κ3) is 5.88. The molecule has 9 heavy (non-hydrogen) atoms. The van der Waals surface area contributed by atoms with Crippen molar-refractivity contribution in [1.82, 2.24) is 0 Å². The Labute approximate surface area is 59.7 Å². The molecule has 0 aliphatic heterocycles. The van der Waals surface area contributed by atoms with Crippen molar-refractivity contribution in [2.24, 2.45) is 11.8 Å². The van der Waals surface area contributed by atoms with Crippen LogP contribution in [-0.4, -0.2) is 0 Å². The summed E-state index contributed by atoms with van der Waals surface area (Å²) in [5.74, 6) is 1.64. The van der Waals surface area contributed by atoms with E-state index in [9.17, 15) is 0 Å². The summed E-state index contributed by atoms with van der Waals surface area (Å²) >= 11 is 0. The molecule has 0 aliphatic rings. The van der Waals surface area contributed by atoms with Gasteiger partial charge in [0.05, 0.1) is 0 Å². The van der Waals surface area contributed by atoms with Crippen molar-refractivity contribution in [3.05, 3.63) is 6.42 Å². The summed E-state index contributed by atoms with van der Waals surface area (Å²) in [4.78, 5) is 0. The second kappa shape index (κ2) is 4.84. The maximum Gasteiger partial charge on any atom is -0.0652 e. The normalized spacial score (nSPS) is 14.3. The van der Waals surface area contributed by atoms with E-state index in [4.69, 9.17) is 0 Å². The second-order valence-corrected chi connectivity index (χ2v) is 3.25. The Bertz CT molecular complexity index is 55.1. The SMILES string of the molecule is CCC(C)[CH-]CC(C)C. The molecule has 0 fully saturated rings. The average Bonchev–Trinajstić information content (AvgIpc) is 1.83. The molecule has 0 aromatic carbocycles. The van der Waals surface area contributed by atoms with E-state index in [1.54, 1.807) is 0 Å². The van der Waals surface area contributed by atoms with Crippen LogP contribution in [0.15, 0.2) is 0 Å². The minimum absolute atomic E-state index is 0.812. The molecule has 0 heterocycles. The monoisotopic (exact) mass is 127 g/mol. The van der Waals surface area contributed by atoms with Crippen LogP contribution in [0.3, 0.4) is 0 Å². The Morgan fingerprint density at radius 2 is 1.78 bits per heavy atom. The van der Waals surface area contributed by atoms with Crippen molar-refractivity contribution >= 4 is 0 Å². The molecule has 1 unspecified atom stereocenters. The highest BCUT2D eigenvalue weighted by molar-refractivity contribution is 4.72. The van der Waals surface area contributed by atoms with Crippen molar-refractivity contribution in [3.8, 4) is 0 Å². The van der Waals surface area contributed by atoms with Crippen molar-refractivity contribution in [3.63, 3.8) is 0 Å². The summed E-state index contributed by atoms with van der Waals surface area (Å²) in [6.07, 6.45) is 4.98. The molecule has 0 radical (unpaired) electrons. The summed E-state index contributed by atoms with van der Waals surface area (Å²) in [6.45, 7) is 9.04. The van der Waals surface area contributed by atoms with E-state index in [-0.39, 0.29) is 0 Å². The zero-order chi connectivity index (χ0) is 7.28. The van der Waals surface area contributed by atoms with Gasteiger partial charge in [0.15, 0.2) is 0 Å². The molecular formula is C9H19-. The van der Waals surface area contributed by atoms with Gasteiger partial charge in [0.1, 0.15) is 0 Å². The Kier molecular flexibility index (Phi) is 4.84. The van der Waals surface area contributed by atoms with E-state index in [1.807, 2.05) is 0 Å². The molecule has 0 heteroatoms. The van der Waals surface area contributed by atoms with Gasteiger partial charge in [-0.1, -0.05) is 40.0 Å². The van der Waals surface area contributed by atoms with Gasteiger partial charge in [0, 0.05) is 0 Å². The van der Waals surface area contributed by atoms with Gasteiger partial charge < -0.3 is 6.42 Å². The molecule has 0 aromatic heterocycles. The Morgan fingerprint density at radius 1 is 1.22 bits per heavy atom. The Morgan fingerprint density at radius 3 is 2.11 bits per heavy atom. The zero-order valence-electron chi connectivity index (χ0n) is 7.15. The third-order valence-electron chi connectivity index (χ3n) is 1.65. The third-order valence-corrected chi connectivity index (χ3v) is 1.65.